The standard InChI is InChI=1S/C24H42N2O/c1-5-7-22(4)24-11-9-23(10-12-24)20-26-15-13-25(14-16-26)17-19-27-18-6-8-21(2)3/h9-12,21-22H,5-8,13-20H2,1-4H3. The Morgan fingerprint density at radius 2 is 1.56 bits per heavy atom. The maximum absolute atomic E-state index is 5.80. The Morgan fingerprint density at radius 3 is 2.19 bits per heavy atom. The molecule has 1 fully saturated rings. The molecule has 1 unspecified atom stereocenters. The monoisotopic (exact) mass is 374 g/mol. The molecule has 0 spiro atoms. The number of hydrogen-bond donors (Lipinski definition) is 0. The topological polar surface area (TPSA) is 15.7 Å². The smallest absolute Gasteiger partial charge is 0.0593 e. The molecule has 27 heavy (non-hydrogen) atoms. The highest BCUT2D eigenvalue weighted by molar-refractivity contribution is 5.25. The van der Waals surface area contributed by atoms with Crippen LogP contribution in [-0.4, -0.2) is 55.7 Å². The molecule has 1 aromatic carbocycles. The maximum Gasteiger partial charge on any atom is 0.0593 e. The van der Waals surface area contributed by atoms with Crippen LogP contribution in [0.2, 0.25) is 0 Å². The molecule has 1 aromatic rings. The van der Waals surface area contributed by atoms with E-state index < -0.39 is 0 Å². The zero-order valence-corrected chi connectivity index (χ0v) is 18.3. The summed E-state index contributed by atoms with van der Waals surface area (Å²) >= 11 is 0. The average molecular weight is 375 g/mol. The lowest BCUT2D eigenvalue weighted by atomic mass is 9.95. The minimum atomic E-state index is 0.681. The summed E-state index contributed by atoms with van der Waals surface area (Å²) in [6.45, 7) is 17.8. The first-order valence-electron chi connectivity index (χ1n) is 11.2. The summed E-state index contributed by atoms with van der Waals surface area (Å²) in [5.41, 5.74) is 2.93. The van der Waals surface area contributed by atoms with Gasteiger partial charge in [0.2, 0.25) is 0 Å². The number of nitrogens with zero attached hydrogens (tertiary/aromatic N) is 2. The van der Waals surface area contributed by atoms with Gasteiger partial charge in [-0.15, -0.1) is 0 Å². The summed E-state index contributed by atoms with van der Waals surface area (Å²) in [6, 6.07) is 9.34. The quantitative estimate of drug-likeness (QED) is 0.470. The Balaban J connectivity index is 1.60. The summed E-state index contributed by atoms with van der Waals surface area (Å²) in [6.07, 6.45) is 5.01. The van der Waals surface area contributed by atoms with E-state index >= 15 is 0 Å². The SMILES string of the molecule is CCCC(C)c1ccc(CN2CCN(CCOCCCC(C)C)CC2)cc1. The van der Waals surface area contributed by atoms with Gasteiger partial charge < -0.3 is 4.74 Å². The van der Waals surface area contributed by atoms with Crippen molar-refractivity contribution in [2.75, 3.05) is 45.9 Å². The molecular weight excluding hydrogens is 332 g/mol. The molecule has 154 valence electrons. The normalized spacial score (nSPS) is 17.5. The number of benzene rings is 1. The van der Waals surface area contributed by atoms with Crippen molar-refractivity contribution in [3.63, 3.8) is 0 Å². The molecule has 0 aliphatic carbocycles. The van der Waals surface area contributed by atoms with E-state index in [4.69, 9.17) is 4.74 Å². The van der Waals surface area contributed by atoms with Gasteiger partial charge in [-0.1, -0.05) is 58.4 Å². The Bertz CT molecular complexity index is 492. The van der Waals surface area contributed by atoms with Crippen molar-refractivity contribution < 1.29 is 4.74 Å². The van der Waals surface area contributed by atoms with Gasteiger partial charge in [0.1, 0.15) is 0 Å². The van der Waals surface area contributed by atoms with Crippen molar-refractivity contribution in [2.24, 2.45) is 5.92 Å². The van der Waals surface area contributed by atoms with Crippen molar-refractivity contribution in [2.45, 2.75) is 65.8 Å². The van der Waals surface area contributed by atoms with Gasteiger partial charge in [-0.3, -0.25) is 9.80 Å². The Labute approximate surface area is 168 Å². The molecule has 3 heteroatoms. The van der Waals surface area contributed by atoms with E-state index in [0.29, 0.717) is 5.92 Å². The fourth-order valence-corrected chi connectivity index (χ4v) is 3.87. The van der Waals surface area contributed by atoms with Gasteiger partial charge in [-0.05, 0) is 42.2 Å². The molecule has 1 aliphatic rings. The Kier molecular flexibility index (Phi) is 10.4. The summed E-state index contributed by atoms with van der Waals surface area (Å²) in [7, 11) is 0. The van der Waals surface area contributed by atoms with E-state index in [1.165, 1.54) is 63.0 Å². The summed E-state index contributed by atoms with van der Waals surface area (Å²) in [4.78, 5) is 5.14. The zero-order chi connectivity index (χ0) is 19.5. The minimum absolute atomic E-state index is 0.681. The molecular formula is C24H42N2O. The predicted octanol–water partition coefficient (Wildman–Crippen LogP) is 5.16. The van der Waals surface area contributed by atoms with E-state index in [1.807, 2.05) is 0 Å². The third-order valence-corrected chi connectivity index (χ3v) is 5.76. The molecule has 0 N–H and O–H groups in total. The van der Waals surface area contributed by atoms with E-state index in [1.54, 1.807) is 0 Å². The van der Waals surface area contributed by atoms with Crippen LogP contribution < -0.4 is 0 Å². The molecule has 1 atom stereocenters. The van der Waals surface area contributed by atoms with Gasteiger partial charge in [0.15, 0.2) is 0 Å². The number of rotatable bonds is 12. The van der Waals surface area contributed by atoms with Crippen LogP contribution in [0.15, 0.2) is 24.3 Å². The highest BCUT2D eigenvalue weighted by Crippen LogP contribution is 2.21. The van der Waals surface area contributed by atoms with E-state index in [0.717, 1.165) is 32.2 Å². The van der Waals surface area contributed by atoms with Crippen LogP contribution in [0.5, 0.6) is 0 Å². The van der Waals surface area contributed by atoms with Crippen LogP contribution in [0.4, 0.5) is 0 Å². The number of ether oxygens (including phenoxy) is 1. The summed E-state index contributed by atoms with van der Waals surface area (Å²) < 4.78 is 5.80. The number of hydrogen-bond acceptors (Lipinski definition) is 3. The van der Waals surface area contributed by atoms with Crippen LogP contribution in [-0.2, 0) is 11.3 Å². The zero-order valence-electron chi connectivity index (χ0n) is 18.3. The summed E-state index contributed by atoms with van der Waals surface area (Å²) in [5, 5.41) is 0. The van der Waals surface area contributed by atoms with E-state index in [-0.39, 0.29) is 0 Å². The van der Waals surface area contributed by atoms with E-state index in [2.05, 4.69) is 61.8 Å². The van der Waals surface area contributed by atoms with Crippen LogP contribution in [0.25, 0.3) is 0 Å². The Morgan fingerprint density at radius 1 is 0.889 bits per heavy atom. The van der Waals surface area contributed by atoms with Crippen LogP contribution in [0.1, 0.15) is 70.4 Å². The van der Waals surface area contributed by atoms with Crippen LogP contribution >= 0.6 is 0 Å². The van der Waals surface area contributed by atoms with Gasteiger partial charge in [-0.2, -0.15) is 0 Å². The van der Waals surface area contributed by atoms with Gasteiger partial charge in [0.05, 0.1) is 6.61 Å². The molecule has 0 radical (unpaired) electrons. The van der Waals surface area contributed by atoms with Gasteiger partial charge in [0, 0.05) is 45.9 Å². The first-order valence-corrected chi connectivity index (χ1v) is 11.2. The third-order valence-electron chi connectivity index (χ3n) is 5.76. The van der Waals surface area contributed by atoms with Crippen molar-refractivity contribution in [1.29, 1.82) is 0 Å². The Hall–Kier alpha value is -0.900. The fourth-order valence-electron chi connectivity index (χ4n) is 3.87. The highest BCUT2D eigenvalue weighted by Gasteiger charge is 2.16. The van der Waals surface area contributed by atoms with Crippen LogP contribution in [0, 0.1) is 5.92 Å². The molecule has 3 nitrogen and oxygen atoms in total. The largest absolute Gasteiger partial charge is 0.380 e. The van der Waals surface area contributed by atoms with Gasteiger partial charge in [-0.25, -0.2) is 0 Å². The second kappa shape index (κ2) is 12.5. The van der Waals surface area contributed by atoms with Crippen molar-refractivity contribution >= 4 is 0 Å². The second-order valence-corrected chi connectivity index (χ2v) is 8.70. The molecule has 0 saturated carbocycles. The fraction of sp³-hybridized carbons (Fsp3) is 0.750. The third kappa shape index (κ3) is 8.76. The lowest BCUT2D eigenvalue weighted by Crippen LogP contribution is -2.46. The van der Waals surface area contributed by atoms with Crippen LogP contribution in [0.3, 0.4) is 0 Å². The molecule has 1 saturated heterocycles. The average Bonchev–Trinajstić information content (AvgIpc) is 2.66. The van der Waals surface area contributed by atoms with Gasteiger partial charge >= 0.3 is 0 Å². The van der Waals surface area contributed by atoms with Gasteiger partial charge in [0.25, 0.3) is 0 Å². The minimum Gasteiger partial charge on any atom is -0.380 e. The van der Waals surface area contributed by atoms with Crippen molar-refractivity contribution in [3.8, 4) is 0 Å². The second-order valence-electron chi connectivity index (χ2n) is 8.70. The molecule has 0 aromatic heterocycles. The molecule has 0 amide bonds. The first kappa shape index (κ1) is 22.4. The molecule has 0 bridgehead atoms. The lowest BCUT2D eigenvalue weighted by Gasteiger charge is -2.34. The molecule has 1 heterocycles. The first-order chi connectivity index (χ1) is 13.1. The molecule has 2 rings (SSSR count). The van der Waals surface area contributed by atoms with Crippen molar-refractivity contribution in [3.05, 3.63) is 35.4 Å². The maximum atomic E-state index is 5.80. The molecule has 1 aliphatic heterocycles. The summed E-state index contributed by atoms with van der Waals surface area (Å²) in [5.74, 6) is 1.47. The number of piperazine rings is 1. The predicted molar refractivity (Wildman–Crippen MR) is 116 cm³/mol. The lowest BCUT2D eigenvalue weighted by molar-refractivity contribution is 0.0713. The van der Waals surface area contributed by atoms with E-state index in [9.17, 15) is 0 Å². The highest BCUT2D eigenvalue weighted by atomic mass is 16.5. The van der Waals surface area contributed by atoms with Crippen molar-refractivity contribution in [1.82, 2.24) is 9.80 Å².